The summed E-state index contributed by atoms with van der Waals surface area (Å²) in [4.78, 5) is 9.37. The van der Waals surface area contributed by atoms with Crippen molar-refractivity contribution in [1.29, 1.82) is 0 Å². The van der Waals surface area contributed by atoms with Crippen LogP contribution in [0.15, 0.2) is 164 Å². The van der Waals surface area contributed by atoms with Gasteiger partial charge in [0.2, 0.25) is 0 Å². The number of nitrogens with zero attached hydrogens (tertiary/aromatic N) is 3. The van der Waals surface area contributed by atoms with E-state index in [0.29, 0.717) is 0 Å². The Morgan fingerprint density at radius 2 is 1.13 bits per heavy atom. The molecular formula is C42H27N3. The van der Waals surface area contributed by atoms with E-state index in [0.717, 1.165) is 33.7 Å². The molecule has 0 N–H and O–H groups in total. The monoisotopic (exact) mass is 573 g/mol. The van der Waals surface area contributed by atoms with E-state index in [-0.39, 0.29) is 0 Å². The molecule has 0 bridgehead atoms. The normalized spacial score (nSPS) is 11.6. The Morgan fingerprint density at radius 3 is 2.00 bits per heavy atom. The van der Waals surface area contributed by atoms with Crippen LogP contribution in [0.5, 0.6) is 0 Å². The first-order valence-electron chi connectivity index (χ1n) is 15.2. The van der Waals surface area contributed by atoms with Crippen molar-refractivity contribution in [2.24, 2.45) is 0 Å². The molecule has 0 atom stereocenters. The van der Waals surface area contributed by atoms with Crippen LogP contribution in [0, 0.1) is 0 Å². The molecule has 0 aliphatic heterocycles. The molecule has 3 heterocycles. The summed E-state index contributed by atoms with van der Waals surface area (Å²) in [7, 11) is 0. The minimum absolute atomic E-state index is 0.933. The molecular weight excluding hydrogens is 546 g/mol. The van der Waals surface area contributed by atoms with Crippen molar-refractivity contribution in [1.82, 2.24) is 14.5 Å². The van der Waals surface area contributed by atoms with Crippen molar-refractivity contribution < 1.29 is 0 Å². The number of hydrogen-bond donors (Lipinski definition) is 0. The summed E-state index contributed by atoms with van der Waals surface area (Å²) < 4.78 is 2.42. The summed E-state index contributed by atoms with van der Waals surface area (Å²) in [5.41, 5.74) is 9.97. The van der Waals surface area contributed by atoms with Gasteiger partial charge < -0.3 is 4.57 Å². The van der Waals surface area contributed by atoms with Crippen LogP contribution < -0.4 is 0 Å². The molecule has 0 unspecified atom stereocenters. The van der Waals surface area contributed by atoms with Crippen molar-refractivity contribution in [3.63, 3.8) is 0 Å². The fraction of sp³-hybridized carbons (Fsp3) is 0. The quantitative estimate of drug-likeness (QED) is 0.210. The van der Waals surface area contributed by atoms with Crippen molar-refractivity contribution in [2.75, 3.05) is 0 Å². The maximum atomic E-state index is 5.17. The van der Waals surface area contributed by atoms with Crippen LogP contribution in [-0.4, -0.2) is 14.5 Å². The van der Waals surface area contributed by atoms with Crippen molar-refractivity contribution in [3.05, 3.63) is 164 Å². The molecule has 0 aliphatic carbocycles. The molecule has 6 aromatic carbocycles. The van der Waals surface area contributed by atoms with Gasteiger partial charge in [0.25, 0.3) is 0 Å². The Hall–Kier alpha value is -6.06. The lowest BCUT2D eigenvalue weighted by Crippen LogP contribution is -1.95. The van der Waals surface area contributed by atoms with Gasteiger partial charge in [-0.2, -0.15) is 0 Å². The second-order valence-electron chi connectivity index (χ2n) is 11.4. The molecule has 0 saturated carbocycles. The number of rotatable bonds is 4. The van der Waals surface area contributed by atoms with Crippen molar-refractivity contribution >= 4 is 43.4 Å². The van der Waals surface area contributed by atoms with Crippen LogP contribution in [0.3, 0.4) is 0 Å². The molecule has 45 heavy (non-hydrogen) atoms. The number of benzene rings is 6. The third-order valence-electron chi connectivity index (χ3n) is 8.89. The Bertz CT molecular complexity index is 2520. The third-order valence-corrected chi connectivity index (χ3v) is 8.89. The first-order valence-corrected chi connectivity index (χ1v) is 15.2. The van der Waals surface area contributed by atoms with Crippen LogP contribution in [0.4, 0.5) is 0 Å². The number of pyridine rings is 2. The van der Waals surface area contributed by atoms with E-state index in [4.69, 9.17) is 4.98 Å². The standard InChI is InChI=1S/C42H27N3/c1-2-12-31(13-3-1)45-40-26-30(33-17-8-11-28-10-4-5-14-32(28)33)20-21-36(40)42-35-16-7-6-15-34(35)37(27-41(42)45)39-19-9-18-38(44-39)29-22-24-43-25-23-29/h1-27H. The number of para-hydroxylation sites is 1. The van der Waals surface area contributed by atoms with E-state index in [1.807, 2.05) is 24.5 Å². The molecule has 0 spiro atoms. The second-order valence-corrected chi connectivity index (χ2v) is 11.4. The smallest absolute Gasteiger partial charge is 0.0716 e. The van der Waals surface area contributed by atoms with Crippen molar-refractivity contribution in [3.8, 4) is 39.3 Å². The summed E-state index contributed by atoms with van der Waals surface area (Å²) in [6.45, 7) is 0. The van der Waals surface area contributed by atoms with Gasteiger partial charge in [-0.05, 0) is 81.2 Å². The van der Waals surface area contributed by atoms with E-state index in [9.17, 15) is 0 Å². The molecule has 0 fully saturated rings. The maximum Gasteiger partial charge on any atom is 0.0716 e. The zero-order valence-electron chi connectivity index (χ0n) is 24.4. The molecule has 210 valence electrons. The van der Waals surface area contributed by atoms with Gasteiger partial charge in [0.05, 0.1) is 22.4 Å². The molecule has 0 saturated heterocycles. The highest BCUT2D eigenvalue weighted by atomic mass is 15.0. The SMILES string of the molecule is c1ccc(-n2c3cc(-c4cccc5ccccc45)ccc3c3c4ccccc4c(-c4cccc(-c5ccncc5)n4)cc32)cc1. The first-order chi connectivity index (χ1) is 22.3. The lowest BCUT2D eigenvalue weighted by molar-refractivity contribution is 1.18. The Morgan fingerprint density at radius 1 is 0.422 bits per heavy atom. The van der Waals surface area contributed by atoms with Gasteiger partial charge in [-0.1, -0.05) is 103 Å². The Kier molecular flexibility index (Phi) is 5.82. The zero-order valence-corrected chi connectivity index (χ0v) is 24.4. The molecule has 0 aliphatic rings. The second kappa shape index (κ2) is 10.3. The molecule has 0 amide bonds. The van der Waals surface area contributed by atoms with E-state index in [2.05, 4.69) is 149 Å². The summed E-state index contributed by atoms with van der Waals surface area (Å²) in [5.74, 6) is 0. The van der Waals surface area contributed by atoms with E-state index in [1.54, 1.807) is 0 Å². The third kappa shape index (κ3) is 4.13. The van der Waals surface area contributed by atoms with Crippen LogP contribution in [0.1, 0.15) is 0 Å². The van der Waals surface area contributed by atoms with Gasteiger partial charge in [0.15, 0.2) is 0 Å². The first kappa shape index (κ1) is 25.4. The van der Waals surface area contributed by atoms with E-state index < -0.39 is 0 Å². The van der Waals surface area contributed by atoms with Gasteiger partial charge >= 0.3 is 0 Å². The van der Waals surface area contributed by atoms with Crippen LogP contribution >= 0.6 is 0 Å². The molecule has 9 rings (SSSR count). The van der Waals surface area contributed by atoms with Gasteiger partial charge in [0, 0.05) is 40.0 Å². The average Bonchev–Trinajstić information content (AvgIpc) is 3.45. The predicted octanol–water partition coefficient (Wildman–Crippen LogP) is 10.9. The number of aromatic nitrogens is 3. The number of fused-ring (bicyclic) bond motifs is 6. The molecule has 0 radical (unpaired) electrons. The van der Waals surface area contributed by atoms with Crippen LogP contribution in [-0.2, 0) is 0 Å². The van der Waals surface area contributed by atoms with Crippen LogP contribution in [0.25, 0.3) is 82.7 Å². The number of hydrogen-bond acceptors (Lipinski definition) is 2. The molecule has 3 nitrogen and oxygen atoms in total. The molecule has 3 heteroatoms. The minimum Gasteiger partial charge on any atom is -0.309 e. The minimum atomic E-state index is 0.933. The summed E-state index contributed by atoms with van der Waals surface area (Å²) in [6.07, 6.45) is 3.63. The maximum absolute atomic E-state index is 5.17. The largest absolute Gasteiger partial charge is 0.309 e. The average molecular weight is 574 g/mol. The molecule has 3 aromatic heterocycles. The summed E-state index contributed by atoms with van der Waals surface area (Å²) >= 11 is 0. The topological polar surface area (TPSA) is 30.7 Å². The predicted molar refractivity (Wildman–Crippen MR) is 188 cm³/mol. The van der Waals surface area contributed by atoms with Gasteiger partial charge in [-0.25, -0.2) is 4.98 Å². The van der Waals surface area contributed by atoms with Gasteiger partial charge in [-0.3, -0.25) is 4.98 Å². The summed E-state index contributed by atoms with van der Waals surface area (Å²) in [5, 5.41) is 7.40. The lowest BCUT2D eigenvalue weighted by atomic mass is 9.95. The van der Waals surface area contributed by atoms with Gasteiger partial charge in [-0.15, -0.1) is 0 Å². The molecule has 9 aromatic rings. The fourth-order valence-electron chi connectivity index (χ4n) is 6.86. The van der Waals surface area contributed by atoms with Gasteiger partial charge in [0.1, 0.15) is 0 Å². The van der Waals surface area contributed by atoms with Crippen molar-refractivity contribution in [2.45, 2.75) is 0 Å². The summed E-state index contributed by atoms with van der Waals surface area (Å²) in [6, 6.07) is 54.2. The Balaban J connectivity index is 1.37. The fourth-order valence-corrected chi connectivity index (χ4v) is 6.86. The highest BCUT2D eigenvalue weighted by Crippen LogP contribution is 2.42. The highest BCUT2D eigenvalue weighted by molar-refractivity contribution is 6.24. The highest BCUT2D eigenvalue weighted by Gasteiger charge is 2.19. The lowest BCUT2D eigenvalue weighted by Gasteiger charge is -2.13. The zero-order chi connectivity index (χ0) is 29.7. The van der Waals surface area contributed by atoms with E-state index in [1.165, 1.54) is 49.0 Å². The van der Waals surface area contributed by atoms with E-state index >= 15 is 0 Å². The van der Waals surface area contributed by atoms with Crippen LogP contribution in [0.2, 0.25) is 0 Å². The Labute approximate surface area is 260 Å².